The van der Waals surface area contributed by atoms with E-state index >= 15 is 0 Å². The molecule has 2 atom stereocenters. The molecule has 0 aliphatic heterocycles. The van der Waals surface area contributed by atoms with E-state index in [2.05, 4.69) is 41.4 Å². The number of hydrogen-bond acceptors (Lipinski definition) is 4. The normalized spacial score (nSPS) is 22.0. The molecule has 2 unspecified atom stereocenters. The smallest absolute Gasteiger partial charge is 0.134 e. The third-order valence-corrected chi connectivity index (χ3v) is 4.66. The fourth-order valence-corrected chi connectivity index (χ4v) is 3.22. The first kappa shape index (κ1) is 16.1. The van der Waals surface area contributed by atoms with E-state index in [-0.39, 0.29) is 0 Å². The minimum Gasteiger partial charge on any atom is -0.370 e. The second kappa shape index (κ2) is 8.20. The lowest BCUT2D eigenvalue weighted by atomic mass is 9.80. The summed E-state index contributed by atoms with van der Waals surface area (Å²) in [4.78, 5) is 8.86. The summed E-state index contributed by atoms with van der Waals surface area (Å²) >= 11 is 0. The van der Waals surface area contributed by atoms with Crippen molar-refractivity contribution in [1.82, 2.24) is 9.97 Å². The molecule has 2 rings (SSSR count). The van der Waals surface area contributed by atoms with Gasteiger partial charge in [0.05, 0.1) is 0 Å². The van der Waals surface area contributed by atoms with Crippen molar-refractivity contribution >= 4 is 11.6 Å². The van der Waals surface area contributed by atoms with Crippen LogP contribution in [0.2, 0.25) is 0 Å². The van der Waals surface area contributed by atoms with E-state index < -0.39 is 0 Å². The topological polar surface area (TPSA) is 49.8 Å². The lowest BCUT2D eigenvalue weighted by molar-refractivity contribution is 0.268. The van der Waals surface area contributed by atoms with Crippen LogP contribution in [0.1, 0.15) is 58.4 Å². The molecule has 1 aliphatic rings. The van der Waals surface area contributed by atoms with Gasteiger partial charge >= 0.3 is 0 Å². The third-order valence-electron chi connectivity index (χ3n) is 4.66. The van der Waals surface area contributed by atoms with Gasteiger partial charge in [-0.15, -0.1) is 0 Å². The molecule has 1 fully saturated rings. The molecule has 4 nitrogen and oxygen atoms in total. The lowest BCUT2D eigenvalue weighted by Crippen LogP contribution is -2.25. The second-order valence-electron chi connectivity index (χ2n) is 6.23. The molecule has 0 amide bonds. The van der Waals surface area contributed by atoms with E-state index in [0.29, 0.717) is 0 Å². The molecule has 118 valence electrons. The Morgan fingerprint density at radius 1 is 1.10 bits per heavy atom. The summed E-state index contributed by atoms with van der Waals surface area (Å²) < 4.78 is 0. The van der Waals surface area contributed by atoms with Crippen LogP contribution < -0.4 is 10.6 Å². The number of rotatable bonds is 7. The van der Waals surface area contributed by atoms with Crippen LogP contribution in [0.4, 0.5) is 11.6 Å². The zero-order valence-electron chi connectivity index (χ0n) is 13.8. The van der Waals surface area contributed by atoms with Gasteiger partial charge in [0.15, 0.2) is 0 Å². The molecule has 21 heavy (non-hydrogen) atoms. The van der Waals surface area contributed by atoms with Gasteiger partial charge in [0.2, 0.25) is 0 Å². The first-order valence-corrected chi connectivity index (χ1v) is 8.57. The van der Waals surface area contributed by atoms with Crippen LogP contribution >= 0.6 is 0 Å². The van der Waals surface area contributed by atoms with Crippen LogP contribution in [-0.4, -0.2) is 23.1 Å². The molecular formula is C17H30N4. The fraction of sp³-hybridized carbons (Fsp3) is 0.765. The van der Waals surface area contributed by atoms with Gasteiger partial charge in [-0.05, 0) is 31.1 Å². The standard InChI is InChI=1S/C17H30N4/c1-4-10-18-16-15(5-2)17(21-12-20-16)19-11-14-9-7-6-8-13(14)3/h12-14H,4-11H2,1-3H3,(H2,18,19,20,21). The minimum atomic E-state index is 0.783. The van der Waals surface area contributed by atoms with Crippen molar-refractivity contribution in [3.05, 3.63) is 11.9 Å². The molecule has 1 aliphatic carbocycles. The molecule has 1 heterocycles. The first-order chi connectivity index (χ1) is 10.3. The Morgan fingerprint density at radius 2 is 1.81 bits per heavy atom. The quantitative estimate of drug-likeness (QED) is 0.794. The van der Waals surface area contributed by atoms with Gasteiger partial charge in [-0.3, -0.25) is 0 Å². The van der Waals surface area contributed by atoms with E-state index in [1.54, 1.807) is 6.33 Å². The SMILES string of the molecule is CCCNc1ncnc(NCC2CCCCC2C)c1CC. The van der Waals surface area contributed by atoms with Crippen molar-refractivity contribution in [3.63, 3.8) is 0 Å². The second-order valence-corrected chi connectivity index (χ2v) is 6.23. The van der Waals surface area contributed by atoms with Gasteiger partial charge in [0, 0.05) is 18.7 Å². The van der Waals surface area contributed by atoms with E-state index in [4.69, 9.17) is 0 Å². The highest BCUT2D eigenvalue weighted by atomic mass is 15.1. The molecule has 4 heteroatoms. The maximum atomic E-state index is 4.47. The summed E-state index contributed by atoms with van der Waals surface area (Å²) in [7, 11) is 0. The van der Waals surface area contributed by atoms with Crippen molar-refractivity contribution in [2.24, 2.45) is 11.8 Å². The van der Waals surface area contributed by atoms with Gasteiger partial charge in [0.1, 0.15) is 18.0 Å². The average molecular weight is 290 g/mol. The van der Waals surface area contributed by atoms with Crippen LogP contribution in [0.25, 0.3) is 0 Å². The Hall–Kier alpha value is -1.32. The monoisotopic (exact) mass is 290 g/mol. The van der Waals surface area contributed by atoms with Gasteiger partial charge in [-0.2, -0.15) is 0 Å². The third kappa shape index (κ3) is 4.32. The maximum absolute atomic E-state index is 4.47. The molecule has 1 saturated carbocycles. The number of anilines is 2. The van der Waals surface area contributed by atoms with E-state index in [1.165, 1.54) is 31.2 Å². The summed E-state index contributed by atoms with van der Waals surface area (Å²) in [5.41, 5.74) is 1.22. The summed E-state index contributed by atoms with van der Waals surface area (Å²) in [6, 6.07) is 0. The molecule has 0 bridgehead atoms. The summed E-state index contributed by atoms with van der Waals surface area (Å²) in [5.74, 6) is 3.62. The molecule has 0 spiro atoms. The van der Waals surface area contributed by atoms with Crippen molar-refractivity contribution in [2.75, 3.05) is 23.7 Å². The molecule has 0 aromatic carbocycles. The van der Waals surface area contributed by atoms with Crippen LogP contribution in [0, 0.1) is 11.8 Å². The highest BCUT2D eigenvalue weighted by Crippen LogP contribution is 2.30. The predicted molar refractivity (Wildman–Crippen MR) is 89.8 cm³/mol. The largest absolute Gasteiger partial charge is 0.370 e. The Labute approximate surface area is 129 Å². The van der Waals surface area contributed by atoms with Crippen LogP contribution in [0.15, 0.2) is 6.33 Å². The zero-order valence-corrected chi connectivity index (χ0v) is 13.8. The predicted octanol–water partition coefficient (Wildman–Crippen LogP) is 4.10. The van der Waals surface area contributed by atoms with Gasteiger partial charge in [-0.25, -0.2) is 9.97 Å². The molecule has 1 aromatic rings. The molecule has 1 aromatic heterocycles. The van der Waals surface area contributed by atoms with Gasteiger partial charge in [0.25, 0.3) is 0 Å². The van der Waals surface area contributed by atoms with E-state index in [1.807, 2.05) is 0 Å². The zero-order chi connectivity index (χ0) is 15.1. The van der Waals surface area contributed by atoms with Crippen LogP contribution in [0.5, 0.6) is 0 Å². The Bertz CT molecular complexity index is 433. The summed E-state index contributed by atoms with van der Waals surface area (Å²) in [5, 5.41) is 7.00. The van der Waals surface area contributed by atoms with E-state index in [9.17, 15) is 0 Å². The number of nitrogens with zero attached hydrogens (tertiary/aromatic N) is 2. The number of hydrogen-bond donors (Lipinski definition) is 2. The number of nitrogens with one attached hydrogen (secondary N) is 2. The van der Waals surface area contributed by atoms with Gasteiger partial charge < -0.3 is 10.6 Å². The molecule has 2 N–H and O–H groups in total. The van der Waals surface area contributed by atoms with Crippen LogP contribution in [-0.2, 0) is 6.42 Å². The Balaban J connectivity index is 2.01. The van der Waals surface area contributed by atoms with Crippen LogP contribution in [0.3, 0.4) is 0 Å². The van der Waals surface area contributed by atoms with E-state index in [0.717, 1.165) is 49.4 Å². The highest BCUT2D eigenvalue weighted by Gasteiger charge is 2.21. The number of aromatic nitrogens is 2. The van der Waals surface area contributed by atoms with Crippen molar-refractivity contribution in [1.29, 1.82) is 0 Å². The average Bonchev–Trinajstić information content (AvgIpc) is 2.52. The van der Waals surface area contributed by atoms with Crippen molar-refractivity contribution in [3.8, 4) is 0 Å². The van der Waals surface area contributed by atoms with Crippen molar-refractivity contribution < 1.29 is 0 Å². The minimum absolute atomic E-state index is 0.783. The molecule has 0 radical (unpaired) electrons. The molecule has 0 saturated heterocycles. The fourth-order valence-electron chi connectivity index (χ4n) is 3.22. The summed E-state index contributed by atoms with van der Waals surface area (Å²) in [6.07, 6.45) is 9.23. The van der Waals surface area contributed by atoms with Gasteiger partial charge in [-0.1, -0.05) is 40.0 Å². The molecular weight excluding hydrogens is 260 g/mol. The Morgan fingerprint density at radius 3 is 2.48 bits per heavy atom. The Kier molecular flexibility index (Phi) is 6.27. The first-order valence-electron chi connectivity index (χ1n) is 8.57. The highest BCUT2D eigenvalue weighted by molar-refractivity contribution is 5.57. The maximum Gasteiger partial charge on any atom is 0.134 e. The lowest BCUT2D eigenvalue weighted by Gasteiger charge is -2.29. The van der Waals surface area contributed by atoms with Crippen molar-refractivity contribution in [2.45, 2.75) is 59.3 Å². The summed E-state index contributed by atoms with van der Waals surface area (Å²) in [6.45, 7) is 8.73.